The number of ketones is 1. The Hall–Kier alpha value is -2.43. The number of carbonyl (C=O) groups is 2. The minimum atomic E-state index is -1.20. The molecule has 0 saturated carbocycles. The molecule has 2 heterocycles. The van der Waals surface area contributed by atoms with Gasteiger partial charge in [0.25, 0.3) is 5.78 Å². The topological polar surface area (TPSA) is 72.9 Å². The molecule has 3 rings (SSSR count). The molecule has 6 heteroatoms. The lowest BCUT2D eigenvalue weighted by atomic mass is 9.88. The number of carbonyl (C=O) groups excluding carboxylic acids is 1. The average Bonchev–Trinajstić information content (AvgIpc) is 2.54. The predicted octanol–water partition coefficient (Wildman–Crippen LogP) is 0.664. The highest BCUT2D eigenvalue weighted by molar-refractivity contribution is 6.25. The van der Waals surface area contributed by atoms with Gasteiger partial charge >= 0.3 is 5.97 Å². The van der Waals surface area contributed by atoms with Gasteiger partial charge in [0.2, 0.25) is 0 Å². The normalized spacial score (nSPS) is 24.1. The van der Waals surface area contributed by atoms with E-state index in [4.69, 9.17) is 0 Å². The first-order valence-corrected chi connectivity index (χ1v) is 7.82. The molecular formula is C17H20N3O3+. The first kappa shape index (κ1) is 15.5. The molecule has 1 unspecified atom stereocenters. The van der Waals surface area contributed by atoms with Crippen molar-refractivity contribution in [3.05, 3.63) is 47.0 Å². The third kappa shape index (κ3) is 2.79. The Labute approximate surface area is 135 Å². The summed E-state index contributed by atoms with van der Waals surface area (Å²) in [5, 5.41) is 12.6. The van der Waals surface area contributed by atoms with Gasteiger partial charge in [-0.3, -0.25) is 4.79 Å². The van der Waals surface area contributed by atoms with E-state index >= 15 is 0 Å². The highest BCUT2D eigenvalue weighted by atomic mass is 16.4. The summed E-state index contributed by atoms with van der Waals surface area (Å²) in [4.78, 5) is 27.6. The van der Waals surface area contributed by atoms with Crippen molar-refractivity contribution in [1.29, 1.82) is 0 Å². The number of nitrogens with one attached hydrogen (secondary N) is 1. The number of Topliss-reactive ketones (excluding diaryl/α,β-unsaturated/α-hetero) is 1. The van der Waals surface area contributed by atoms with Crippen molar-refractivity contribution in [2.45, 2.75) is 19.9 Å². The minimum Gasteiger partial charge on any atom is -0.470 e. The highest BCUT2D eigenvalue weighted by Crippen LogP contribution is 2.32. The van der Waals surface area contributed by atoms with Crippen molar-refractivity contribution >= 4 is 11.8 Å². The molecule has 120 valence electrons. The molecule has 1 saturated heterocycles. The lowest BCUT2D eigenvalue weighted by molar-refractivity contribution is -0.134. The van der Waals surface area contributed by atoms with Gasteiger partial charge in [-0.1, -0.05) is 0 Å². The van der Waals surface area contributed by atoms with Crippen molar-refractivity contribution in [1.82, 2.24) is 15.1 Å². The predicted molar refractivity (Wildman–Crippen MR) is 85.1 cm³/mol. The van der Waals surface area contributed by atoms with Crippen LogP contribution >= 0.6 is 0 Å². The van der Waals surface area contributed by atoms with Crippen LogP contribution in [0.1, 0.15) is 13.8 Å². The summed E-state index contributed by atoms with van der Waals surface area (Å²) < 4.78 is 0. The van der Waals surface area contributed by atoms with Crippen LogP contribution in [0.5, 0.6) is 0 Å². The van der Waals surface area contributed by atoms with Crippen molar-refractivity contribution in [2.75, 3.05) is 26.2 Å². The van der Waals surface area contributed by atoms with Crippen molar-refractivity contribution in [2.24, 2.45) is 0 Å². The van der Waals surface area contributed by atoms with E-state index in [1.54, 1.807) is 11.0 Å². The first-order valence-electron chi connectivity index (χ1n) is 7.82. The third-order valence-corrected chi connectivity index (χ3v) is 4.25. The number of carboxylic acid groups (broad SMARTS) is 1. The van der Waals surface area contributed by atoms with Crippen LogP contribution in [0, 0.1) is 5.92 Å². The standard InChI is InChI=1S/C17H19N3O3/c1-3-19-10-14(17(22)23)16(21)13-5-4-12(8-15(13)19)20-7-6-18-11(2)9-20/h4-5,10-11,18H,3,6-7,9H2,1-2H3/p+1. The zero-order valence-corrected chi connectivity index (χ0v) is 13.3. The van der Waals surface area contributed by atoms with Gasteiger partial charge in [0.05, 0.1) is 11.9 Å². The number of hydrogen-bond acceptors (Lipinski definition) is 5. The van der Waals surface area contributed by atoms with E-state index in [1.807, 2.05) is 13.0 Å². The number of allylic oxidation sites excluding steroid dienone is 1. The first-order chi connectivity index (χ1) is 11.0. The Morgan fingerprint density at radius 3 is 3.00 bits per heavy atom. The summed E-state index contributed by atoms with van der Waals surface area (Å²) in [6.07, 6.45) is 4.98. The van der Waals surface area contributed by atoms with E-state index in [0.29, 0.717) is 24.2 Å². The molecule has 1 atom stereocenters. The van der Waals surface area contributed by atoms with E-state index in [-0.39, 0.29) is 5.57 Å². The van der Waals surface area contributed by atoms with Crippen LogP contribution in [0.4, 0.5) is 0 Å². The monoisotopic (exact) mass is 314 g/mol. The molecule has 2 aliphatic heterocycles. The highest BCUT2D eigenvalue weighted by Gasteiger charge is 2.43. The van der Waals surface area contributed by atoms with Crippen LogP contribution in [0.2, 0.25) is 0 Å². The maximum atomic E-state index is 12.3. The van der Waals surface area contributed by atoms with Gasteiger partial charge in [-0.05, 0) is 13.8 Å². The molecule has 1 aliphatic carbocycles. The number of fused-ring (bicyclic) bond motifs is 1. The Kier molecular flexibility index (Phi) is 4.03. The van der Waals surface area contributed by atoms with Gasteiger partial charge in [0.1, 0.15) is 5.92 Å². The zero-order chi connectivity index (χ0) is 16.6. The summed E-state index contributed by atoms with van der Waals surface area (Å²) in [6.45, 7) is 7.30. The van der Waals surface area contributed by atoms with Crippen molar-refractivity contribution < 1.29 is 14.7 Å². The maximum absolute atomic E-state index is 12.3. The third-order valence-electron chi connectivity index (χ3n) is 4.25. The summed E-state index contributed by atoms with van der Waals surface area (Å²) in [7, 11) is 0. The molecule has 2 N–H and O–H groups in total. The van der Waals surface area contributed by atoms with Crippen LogP contribution in [0.15, 0.2) is 41.1 Å². The number of carboxylic acids is 1. The van der Waals surface area contributed by atoms with Crippen LogP contribution in [-0.4, -0.2) is 58.9 Å². The molecule has 23 heavy (non-hydrogen) atoms. The number of rotatable bonds is 3. The second-order valence-corrected chi connectivity index (χ2v) is 5.87. The smallest absolute Gasteiger partial charge is 0.383 e. The number of aliphatic carboxylic acids is 1. The van der Waals surface area contributed by atoms with Crippen molar-refractivity contribution in [3.63, 3.8) is 0 Å². The van der Waals surface area contributed by atoms with Gasteiger partial charge < -0.3 is 20.2 Å². The lowest BCUT2D eigenvalue weighted by Gasteiger charge is -2.33. The zero-order valence-electron chi connectivity index (χ0n) is 13.3. The molecule has 6 nitrogen and oxygen atoms in total. The van der Waals surface area contributed by atoms with E-state index in [2.05, 4.69) is 22.9 Å². The molecule has 0 aromatic heterocycles. The molecule has 0 aromatic rings. The van der Waals surface area contributed by atoms with E-state index in [1.165, 1.54) is 6.20 Å². The van der Waals surface area contributed by atoms with Crippen molar-refractivity contribution in [3.8, 4) is 0 Å². The van der Waals surface area contributed by atoms with Gasteiger partial charge in [-0.2, -0.15) is 0 Å². The SMILES string of the molecule is CCN1C=C(C(=O)O)C(=O)[C+]2C=CC(N3CCNC(C)C3)=C=C21. The van der Waals surface area contributed by atoms with Crippen LogP contribution in [-0.2, 0) is 9.59 Å². The van der Waals surface area contributed by atoms with E-state index in [9.17, 15) is 14.7 Å². The largest absolute Gasteiger partial charge is 0.470 e. The maximum Gasteiger partial charge on any atom is 0.383 e. The molecule has 0 radical (unpaired) electrons. The Bertz CT molecular complexity index is 671. The summed E-state index contributed by atoms with van der Waals surface area (Å²) in [5.41, 5.74) is 4.71. The second-order valence-electron chi connectivity index (χ2n) is 5.87. The van der Waals surface area contributed by atoms with Gasteiger partial charge in [0.15, 0.2) is 17.0 Å². The molecule has 0 spiro atoms. The van der Waals surface area contributed by atoms with E-state index < -0.39 is 11.8 Å². The minimum absolute atomic E-state index is 0.198. The number of nitrogens with zero attached hydrogens (tertiary/aromatic N) is 2. The molecule has 0 amide bonds. The molecular weight excluding hydrogens is 294 g/mol. The average molecular weight is 314 g/mol. The number of piperazine rings is 1. The van der Waals surface area contributed by atoms with Gasteiger partial charge in [-0.25, -0.2) is 4.79 Å². The Morgan fingerprint density at radius 2 is 2.35 bits per heavy atom. The van der Waals surface area contributed by atoms with E-state index in [0.717, 1.165) is 25.3 Å². The Balaban J connectivity index is 2.00. The summed E-state index contributed by atoms with van der Waals surface area (Å²) in [6, 6.07) is 0.399. The molecule has 0 bridgehead atoms. The summed E-state index contributed by atoms with van der Waals surface area (Å²) >= 11 is 0. The molecule has 0 aromatic carbocycles. The fourth-order valence-electron chi connectivity index (χ4n) is 3.04. The molecule has 3 aliphatic rings. The van der Waals surface area contributed by atoms with Crippen LogP contribution in [0.25, 0.3) is 0 Å². The lowest BCUT2D eigenvalue weighted by Crippen LogP contribution is -2.48. The quantitative estimate of drug-likeness (QED) is 0.453. The van der Waals surface area contributed by atoms with Crippen LogP contribution < -0.4 is 5.32 Å². The Morgan fingerprint density at radius 1 is 1.57 bits per heavy atom. The second kappa shape index (κ2) is 5.99. The number of hydrogen-bond donors (Lipinski definition) is 2. The molecule has 1 fully saturated rings. The van der Waals surface area contributed by atoms with Gasteiger partial charge in [0, 0.05) is 44.4 Å². The fourth-order valence-corrected chi connectivity index (χ4v) is 3.04. The van der Waals surface area contributed by atoms with Crippen LogP contribution in [0.3, 0.4) is 0 Å². The summed E-state index contributed by atoms with van der Waals surface area (Å²) in [5.74, 6) is -1.24. The van der Waals surface area contributed by atoms with Gasteiger partial charge in [-0.15, -0.1) is 0 Å². The fraction of sp³-hybridized carbons (Fsp3) is 0.412.